The number of rotatable bonds is 2. The second kappa shape index (κ2) is 6.01. The van der Waals surface area contributed by atoms with Crippen LogP contribution in [0.25, 0.3) is 0 Å². The minimum atomic E-state index is -5.04. The second-order valence-corrected chi connectivity index (χ2v) is 2.83. The van der Waals surface area contributed by atoms with Gasteiger partial charge in [0.1, 0.15) is 5.82 Å². The molecule has 0 aliphatic rings. The summed E-state index contributed by atoms with van der Waals surface area (Å²) >= 11 is 0. The molecule has 0 aliphatic carbocycles. The van der Waals surface area contributed by atoms with E-state index in [4.69, 9.17) is 5.26 Å². The number of hydrogen-bond donors (Lipinski definition) is 0. The van der Waals surface area contributed by atoms with Crippen molar-refractivity contribution in [3.05, 3.63) is 35.1 Å². The molecule has 1 nitrogen and oxygen atoms in total. The molecule has 0 saturated carbocycles. The summed E-state index contributed by atoms with van der Waals surface area (Å²) in [7, 11) is 0. The van der Waals surface area contributed by atoms with Gasteiger partial charge in [0.2, 0.25) is 0 Å². The van der Waals surface area contributed by atoms with Crippen molar-refractivity contribution in [2.24, 2.45) is 0 Å². The number of nitrogens with zero attached hydrogens (tertiary/aromatic N) is 1. The zero-order valence-electron chi connectivity index (χ0n) is 7.98. The molecule has 1 aromatic carbocycles. The maximum Gasteiger partial charge on any atom is 1.00 e. The molecule has 0 spiro atoms. The number of hydrogen-bond acceptors (Lipinski definition) is 1. The Hall–Kier alpha value is 0.131. The van der Waals surface area contributed by atoms with E-state index in [1.54, 1.807) is 6.07 Å². The van der Waals surface area contributed by atoms with Crippen LogP contribution in [0.5, 0.6) is 0 Å². The quantitative estimate of drug-likeness (QED) is 0.512. The van der Waals surface area contributed by atoms with Crippen molar-refractivity contribution in [2.75, 3.05) is 0 Å². The third kappa shape index (κ3) is 5.13. The van der Waals surface area contributed by atoms with Crippen LogP contribution in [0, 0.1) is 17.1 Å². The van der Waals surface area contributed by atoms with E-state index >= 15 is 0 Å². The maximum absolute atomic E-state index is 12.9. The molecule has 15 heavy (non-hydrogen) atoms. The molecule has 0 aromatic heterocycles. The summed E-state index contributed by atoms with van der Waals surface area (Å²) in [6, 6.07) is 4.60. The van der Waals surface area contributed by atoms with E-state index in [0.717, 1.165) is 12.1 Å². The summed E-state index contributed by atoms with van der Waals surface area (Å²) in [6.45, 7) is -5.04. The molecular formula is C8H5BF4KN. The van der Waals surface area contributed by atoms with E-state index in [9.17, 15) is 17.3 Å². The van der Waals surface area contributed by atoms with Crippen LogP contribution in [0.15, 0.2) is 18.2 Å². The molecule has 1 aromatic rings. The van der Waals surface area contributed by atoms with Gasteiger partial charge >= 0.3 is 58.4 Å². The van der Waals surface area contributed by atoms with Crippen molar-refractivity contribution < 1.29 is 68.7 Å². The van der Waals surface area contributed by atoms with Gasteiger partial charge < -0.3 is 12.9 Å². The third-order valence-electron chi connectivity index (χ3n) is 1.63. The van der Waals surface area contributed by atoms with Crippen LogP contribution in [-0.2, 0) is 6.32 Å². The number of halogens is 4. The van der Waals surface area contributed by atoms with Gasteiger partial charge in [0.05, 0.1) is 11.6 Å². The molecule has 0 bridgehead atoms. The van der Waals surface area contributed by atoms with Crippen LogP contribution in [0.2, 0.25) is 0 Å². The largest absolute Gasteiger partial charge is 1.00 e. The first-order valence-corrected chi connectivity index (χ1v) is 3.82. The Morgan fingerprint density at radius 2 is 1.87 bits per heavy atom. The minimum Gasteiger partial charge on any atom is -0.449 e. The first-order valence-electron chi connectivity index (χ1n) is 3.82. The smallest absolute Gasteiger partial charge is 0.449 e. The Kier molecular flexibility index (Phi) is 6.07. The van der Waals surface area contributed by atoms with Crippen LogP contribution < -0.4 is 51.4 Å². The van der Waals surface area contributed by atoms with Gasteiger partial charge in [0.25, 0.3) is 0 Å². The Morgan fingerprint density at radius 1 is 1.27 bits per heavy atom. The van der Waals surface area contributed by atoms with E-state index in [-0.39, 0.29) is 56.9 Å². The van der Waals surface area contributed by atoms with E-state index in [1.165, 1.54) is 6.07 Å². The molecule has 0 fully saturated rings. The summed E-state index contributed by atoms with van der Waals surface area (Å²) in [5.74, 6) is -0.983. The summed E-state index contributed by atoms with van der Waals surface area (Å²) < 4.78 is 48.7. The van der Waals surface area contributed by atoms with Gasteiger partial charge in [-0.1, -0.05) is 12.4 Å². The first kappa shape index (κ1) is 15.1. The molecule has 0 radical (unpaired) electrons. The fraction of sp³-hybridized carbons (Fsp3) is 0.125. The molecule has 0 amide bonds. The van der Waals surface area contributed by atoms with Crippen molar-refractivity contribution in [3.8, 4) is 6.07 Å². The number of nitriles is 1. The standard InChI is InChI=1S/C8H5BF4N.K/c10-8-3-6(5-14)1-2-7(8)4-9(11,12)13;/h1-3H,4H2;/q-1;+1. The van der Waals surface area contributed by atoms with Crippen molar-refractivity contribution in [1.82, 2.24) is 0 Å². The van der Waals surface area contributed by atoms with Gasteiger partial charge in [-0.3, -0.25) is 0 Å². The molecule has 7 heteroatoms. The first-order chi connectivity index (χ1) is 6.42. The number of benzene rings is 1. The Morgan fingerprint density at radius 3 is 2.27 bits per heavy atom. The predicted molar refractivity (Wildman–Crippen MR) is 43.9 cm³/mol. The molecule has 0 aliphatic heterocycles. The van der Waals surface area contributed by atoms with Gasteiger partial charge in [0, 0.05) is 0 Å². The molecule has 0 saturated heterocycles. The third-order valence-corrected chi connectivity index (χ3v) is 1.63. The van der Waals surface area contributed by atoms with Crippen LogP contribution in [-0.4, -0.2) is 6.98 Å². The van der Waals surface area contributed by atoms with E-state index in [1.807, 2.05) is 0 Å². The van der Waals surface area contributed by atoms with Crippen molar-refractivity contribution >= 4 is 6.98 Å². The summed E-state index contributed by atoms with van der Waals surface area (Å²) in [5, 5.41) is 8.35. The van der Waals surface area contributed by atoms with Crippen molar-refractivity contribution in [1.29, 1.82) is 5.26 Å². The monoisotopic (exact) mass is 241 g/mol. The molecule has 1 rings (SSSR count). The summed E-state index contributed by atoms with van der Waals surface area (Å²) in [6.07, 6.45) is -1.25. The Balaban J connectivity index is 0.00000196. The minimum absolute atomic E-state index is 0. The van der Waals surface area contributed by atoms with Gasteiger partial charge in [-0.25, -0.2) is 4.39 Å². The SMILES string of the molecule is N#Cc1ccc(C[B-](F)(F)F)c(F)c1.[K+]. The average molecular weight is 241 g/mol. The molecule has 74 valence electrons. The molecule has 0 heterocycles. The average Bonchev–Trinajstić information content (AvgIpc) is 2.06. The molecule has 0 N–H and O–H groups in total. The molecule has 0 atom stereocenters. The zero-order chi connectivity index (χ0) is 10.8. The van der Waals surface area contributed by atoms with Crippen molar-refractivity contribution in [2.45, 2.75) is 6.32 Å². The second-order valence-electron chi connectivity index (χ2n) is 2.83. The van der Waals surface area contributed by atoms with Crippen LogP contribution in [0.3, 0.4) is 0 Å². The maximum atomic E-state index is 12.9. The zero-order valence-corrected chi connectivity index (χ0v) is 11.1. The fourth-order valence-corrected chi connectivity index (χ4v) is 1.03. The van der Waals surface area contributed by atoms with Gasteiger partial charge in [-0.2, -0.15) is 5.26 Å². The Labute approximate surface area is 127 Å². The van der Waals surface area contributed by atoms with Crippen LogP contribution in [0.4, 0.5) is 17.3 Å². The van der Waals surface area contributed by atoms with Crippen LogP contribution >= 0.6 is 0 Å². The van der Waals surface area contributed by atoms with E-state index in [2.05, 4.69) is 0 Å². The van der Waals surface area contributed by atoms with E-state index in [0.29, 0.717) is 0 Å². The van der Waals surface area contributed by atoms with Crippen LogP contribution in [0.1, 0.15) is 11.1 Å². The van der Waals surface area contributed by atoms with Gasteiger partial charge in [-0.15, -0.1) is 0 Å². The van der Waals surface area contributed by atoms with Gasteiger partial charge in [-0.05, 0) is 17.7 Å². The predicted octanol–water partition coefficient (Wildman–Crippen LogP) is -0.370. The summed E-state index contributed by atoms with van der Waals surface area (Å²) in [4.78, 5) is 0. The Bertz CT molecular complexity index is 385. The molecule has 0 unspecified atom stereocenters. The summed E-state index contributed by atoms with van der Waals surface area (Å²) in [5.41, 5.74) is -0.405. The normalized spacial score (nSPS) is 10.3. The molecular weight excluding hydrogens is 236 g/mol. The van der Waals surface area contributed by atoms with Crippen molar-refractivity contribution in [3.63, 3.8) is 0 Å². The topological polar surface area (TPSA) is 23.8 Å². The fourth-order valence-electron chi connectivity index (χ4n) is 1.03. The van der Waals surface area contributed by atoms with E-state index < -0.39 is 24.7 Å². The van der Waals surface area contributed by atoms with Gasteiger partial charge in [0.15, 0.2) is 0 Å².